The van der Waals surface area contributed by atoms with Gasteiger partial charge in [0, 0.05) is 32.3 Å². The van der Waals surface area contributed by atoms with Gasteiger partial charge in [-0.2, -0.15) is 0 Å². The zero-order valence-corrected chi connectivity index (χ0v) is 31.1. The average molecular weight is 682 g/mol. The number of esters is 1. The van der Waals surface area contributed by atoms with Crippen molar-refractivity contribution in [2.45, 2.75) is 97.7 Å². The summed E-state index contributed by atoms with van der Waals surface area (Å²) in [6.07, 6.45) is 5.74. The number of carbonyl (C=O) groups is 4. The first-order chi connectivity index (χ1) is 22.6. The van der Waals surface area contributed by atoms with E-state index >= 15 is 0 Å². The standard InChI is InChI=1S/C36H55N5O6Si/c1-10-28-16-15-27-14-13-26(22-30(27)38-28)17-18-36(5,23-47-20-21-48(7,8)9)35(45)39-31(24(2)3)32(42)37-25(4)33(43)41-19-11-12-29(40-41)34(44)46-6/h13-18,22,24-25,29,31,40H,10-12,19-21,23H2,1-9H3,(H,37,42)(H,39,45). The van der Waals surface area contributed by atoms with Crippen LogP contribution in [0, 0.1) is 11.3 Å². The predicted molar refractivity (Wildman–Crippen MR) is 191 cm³/mol. The summed E-state index contributed by atoms with van der Waals surface area (Å²) in [5, 5.41) is 8.12. The first kappa shape index (κ1) is 38.8. The van der Waals surface area contributed by atoms with Crippen LogP contribution in [-0.2, 0) is 35.1 Å². The fraction of sp³-hybridized carbons (Fsp3) is 0.583. The molecule has 2 aromatic rings. The summed E-state index contributed by atoms with van der Waals surface area (Å²) in [6, 6.07) is 8.62. The van der Waals surface area contributed by atoms with Crippen molar-refractivity contribution in [2.75, 3.05) is 26.9 Å². The van der Waals surface area contributed by atoms with Crippen molar-refractivity contribution in [1.82, 2.24) is 26.1 Å². The van der Waals surface area contributed by atoms with Crippen molar-refractivity contribution >= 4 is 48.7 Å². The quantitative estimate of drug-likeness (QED) is 0.142. The molecule has 0 radical (unpaired) electrons. The molecule has 1 fully saturated rings. The molecule has 1 aromatic carbocycles. The second-order valence-electron chi connectivity index (χ2n) is 14.5. The van der Waals surface area contributed by atoms with Crippen LogP contribution in [0.25, 0.3) is 17.0 Å². The summed E-state index contributed by atoms with van der Waals surface area (Å²) in [7, 11) is -0.0505. The number of rotatable bonds is 15. The normalized spacial score (nSPS) is 18.0. The minimum Gasteiger partial charge on any atom is -0.468 e. The number of hydrogen-bond acceptors (Lipinski definition) is 8. The molecule has 3 N–H and O–H groups in total. The molecule has 11 nitrogen and oxygen atoms in total. The Labute approximate surface area is 286 Å². The highest BCUT2D eigenvalue weighted by atomic mass is 28.3. The maximum atomic E-state index is 14.0. The highest BCUT2D eigenvalue weighted by Crippen LogP contribution is 2.25. The molecule has 0 bridgehead atoms. The average Bonchev–Trinajstić information content (AvgIpc) is 3.06. The van der Waals surface area contributed by atoms with Crippen LogP contribution in [0.4, 0.5) is 0 Å². The van der Waals surface area contributed by atoms with E-state index in [1.807, 2.05) is 57.2 Å². The van der Waals surface area contributed by atoms with E-state index in [0.717, 1.165) is 34.6 Å². The van der Waals surface area contributed by atoms with E-state index in [4.69, 9.17) is 14.5 Å². The van der Waals surface area contributed by atoms with Gasteiger partial charge in [0.05, 0.1) is 24.6 Å². The van der Waals surface area contributed by atoms with Crippen molar-refractivity contribution in [3.05, 3.63) is 47.7 Å². The molecule has 3 rings (SSSR count). The van der Waals surface area contributed by atoms with Gasteiger partial charge in [-0.05, 0) is 62.8 Å². The molecule has 2 heterocycles. The number of methoxy groups -OCH3 is 1. The second kappa shape index (κ2) is 17.2. The van der Waals surface area contributed by atoms with Gasteiger partial charge in [0.25, 0.3) is 5.91 Å². The first-order valence-corrected chi connectivity index (χ1v) is 20.7. The minimum atomic E-state index is -1.35. The third-order valence-electron chi connectivity index (χ3n) is 8.60. The van der Waals surface area contributed by atoms with Gasteiger partial charge in [-0.1, -0.05) is 70.8 Å². The number of nitrogens with one attached hydrogen (secondary N) is 3. The fourth-order valence-corrected chi connectivity index (χ4v) is 6.06. The molecular weight excluding hydrogens is 627 g/mol. The van der Waals surface area contributed by atoms with Gasteiger partial charge in [0.15, 0.2) is 0 Å². The lowest BCUT2D eigenvalue weighted by molar-refractivity contribution is -0.150. The van der Waals surface area contributed by atoms with Crippen LogP contribution in [0.2, 0.25) is 25.7 Å². The maximum Gasteiger partial charge on any atom is 0.324 e. The Balaban J connectivity index is 1.78. The Kier molecular flexibility index (Phi) is 13.9. The van der Waals surface area contributed by atoms with Gasteiger partial charge in [0.1, 0.15) is 18.1 Å². The largest absolute Gasteiger partial charge is 0.468 e. The van der Waals surface area contributed by atoms with E-state index < -0.39 is 43.5 Å². The number of ether oxygens (including phenoxy) is 2. The monoisotopic (exact) mass is 681 g/mol. The molecule has 4 atom stereocenters. The van der Waals surface area contributed by atoms with E-state index in [-0.39, 0.29) is 24.3 Å². The van der Waals surface area contributed by atoms with Gasteiger partial charge >= 0.3 is 5.97 Å². The van der Waals surface area contributed by atoms with Gasteiger partial charge in [0.2, 0.25) is 11.8 Å². The Morgan fingerprint density at radius 2 is 1.83 bits per heavy atom. The Morgan fingerprint density at radius 1 is 1.12 bits per heavy atom. The lowest BCUT2D eigenvalue weighted by Gasteiger charge is -2.34. The molecule has 0 spiro atoms. The van der Waals surface area contributed by atoms with Crippen molar-refractivity contribution in [3.8, 4) is 0 Å². The minimum absolute atomic E-state index is 0.134. The lowest BCUT2D eigenvalue weighted by Crippen LogP contribution is -2.61. The number of fused-ring (bicyclic) bond motifs is 1. The summed E-state index contributed by atoms with van der Waals surface area (Å²) >= 11 is 0. The van der Waals surface area contributed by atoms with E-state index in [1.165, 1.54) is 12.1 Å². The first-order valence-electron chi connectivity index (χ1n) is 17.0. The molecular formula is C36H55N5O6Si. The van der Waals surface area contributed by atoms with Crippen LogP contribution in [-0.4, -0.2) is 86.8 Å². The molecule has 48 heavy (non-hydrogen) atoms. The molecule has 264 valence electrons. The Hall–Kier alpha value is -3.61. The second-order valence-corrected chi connectivity index (χ2v) is 20.1. The molecule has 1 aromatic heterocycles. The molecule has 1 saturated heterocycles. The van der Waals surface area contributed by atoms with Crippen LogP contribution < -0.4 is 16.1 Å². The fourth-order valence-electron chi connectivity index (χ4n) is 5.31. The van der Waals surface area contributed by atoms with Gasteiger partial charge in [-0.3, -0.25) is 29.2 Å². The number of pyridine rings is 1. The highest BCUT2D eigenvalue weighted by molar-refractivity contribution is 6.76. The van der Waals surface area contributed by atoms with E-state index in [9.17, 15) is 19.2 Å². The number of benzene rings is 1. The topological polar surface area (TPSA) is 139 Å². The predicted octanol–water partition coefficient (Wildman–Crippen LogP) is 4.49. The number of amides is 3. The Morgan fingerprint density at radius 3 is 2.48 bits per heavy atom. The molecule has 3 amide bonds. The molecule has 0 saturated carbocycles. The summed E-state index contributed by atoms with van der Waals surface area (Å²) in [4.78, 5) is 57.5. The summed E-state index contributed by atoms with van der Waals surface area (Å²) in [5.41, 5.74) is 4.60. The maximum absolute atomic E-state index is 14.0. The van der Waals surface area contributed by atoms with Gasteiger partial charge in [-0.25, -0.2) is 5.43 Å². The number of hydrazine groups is 1. The Bertz CT molecular complexity index is 1470. The van der Waals surface area contributed by atoms with Crippen molar-refractivity contribution in [3.63, 3.8) is 0 Å². The van der Waals surface area contributed by atoms with Crippen molar-refractivity contribution in [1.29, 1.82) is 0 Å². The van der Waals surface area contributed by atoms with Crippen LogP contribution in [0.15, 0.2) is 36.4 Å². The molecule has 0 aliphatic carbocycles. The third kappa shape index (κ3) is 11.0. The summed E-state index contributed by atoms with van der Waals surface area (Å²) < 4.78 is 10.9. The number of nitrogens with zero attached hydrogens (tertiary/aromatic N) is 2. The van der Waals surface area contributed by atoms with Gasteiger partial charge < -0.3 is 20.1 Å². The highest BCUT2D eigenvalue weighted by Gasteiger charge is 2.37. The van der Waals surface area contributed by atoms with Gasteiger partial charge in [-0.15, -0.1) is 0 Å². The van der Waals surface area contributed by atoms with E-state index in [1.54, 1.807) is 6.92 Å². The molecule has 4 unspecified atom stereocenters. The van der Waals surface area contributed by atoms with Crippen molar-refractivity contribution in [2.24, 2.45) is 11.3 Å². The SMILES string of the molecule is CCc1ccc2ccc(C=CC(C)(COCC[Si](C)(C)C)C(=O)NC(C(=O)NC(C)C(=O)N3CCCC(C(=O)OC)N3)C(C)C)cc2n1. The van der Waals surface area contributed by atoms with Crippen LogP contribution >= 0.6 is 0 Å². The zero-order valence-electron chi connectivity index (χ0n) is 30.1. The molecule has 1 aliphatic heterocycles. The zero-order chi connectivity index (χ0) is 35.6. The number of aryl methyl sites for hydroxylation is 1. The van der Waals surface area contributed by atoms with Crippen LogP contribution in [0.1, 0.15) is 58.7 Å². The number of hydrogen-bond donors (Lipinski definition) is 3. The summed E-state index contributed by atoms with van der Waals surface area (Å²) in [6.45, 7) is 17.0. The van der Waals surface area contributed by atoms with Crippen LogP contribution in [0.3, 0.4) is 0 Å². The smallest absolute Gasteiger partial charge is 0.324 e. The van der Waals surface area contributed by atoms with Crippen molar-refractivity contribution < 1.29 is 28.7 Å². The lowest BCUT2D eigenvalue weighted by atomic mass is 9.88. The molecule has 12 heteroatoms. The number of carbonyl (C=O) groups excluding carboxylic acids is 4. The summed E-state index contributed by atoms with van der Waals surface area (Å²) in [5.74, 6) is -1.93. The third-order valence-corrected chi connectivity index (χ3v) is 10.3. The van der Waals surface area contributed by atoms with E-state index in [0.29, 0.717) is 26.0 Å². The van der Waals surface area contributed by atoms with Crippen LogP contribution in [0.5, 0.6) is 0 Å². The number of aromatic nitrogens is 1. The van der Waals surface area contributed by atoms with E-state index in [2.05, 4.69) is 48.7 Å². The molecule has 1 aliphatic rings.